The van der Waals surface area contributed by atoms with Gasteiger partial charge in [-0.15, -0.1) is 0 Å². The summed E-state index contributed by atoms with van der Waals surface area (Å²) >= 11 is 0. The van der Waals surface area contributed by atoms with E-state index in [0.29, 0.717) is 0 Å². The quantitative estimate of drug-likeness (QED) is 0.823. The lowest BCUT2D eigenvalue weighted by Gasteiger charge is -2.23. The van der Waals surface area contributed by atoms with Gasteiger partial charge in [-0.1, -0.05) is 18.2 Å². The van der Waals surface area contributed by atoms with Crippen LogP contribution >= 0.6 is 0 Å². The fraction of sp³-hybridized carbons (Fsp3) is 0.500. The molecule has 2 aromatic rings. The van der Waals surface area contributed by atoms with Crippen molar-refractivity contribution in [1.82, 2.24) is 14.9 Å². The monoisotopic (exact) mass is 381 g/mol. The molecule has 148 valence electrons. The topological polar surface area (TPSA) is 73.2 Å². The average Bonchev–Trinajstić information content (AvgIpc) is 3.26. The zero-order valence-corrected chi connectivity index (χ0v) is 16.7. The highest BCUT2D eigenvalue weighted by molar-refractivity contribution is 5.90. The highest BCUT2D eigenvalue weighted by Crippen LogP contribution is 2.50. The first-order valence-corrected chi connectivity index (χ1v) is 9.92. The largest absolute Gasteiger partial charge is 0.460 e. The Morgan fingerprint density at radius 3 is 2.75 bits per heavy atom. The van der Waals surface area contributed by atoms with Gasteiger partial charge in [0.2, 0.25) is 5.91 Å². The van der Waals surface area contributed by atoms with Crippen LogP contribution in [0, 0.1) is 5.41 Å². The van der Waals surface area contributed by atoms with Gasteiger partial charge in [-0.2, -0.15) is 0 Å². The number of carbonyl (C=O) groups excluding carboxylic acids is 2. The molecule has 0 saturated heterocycles. The van der Waals surface area contributed by atoms with E-state index >= 15 is 0 Å². The Morgan fingerprint density at radius 2 is 2.04 bits per heavy atom. The second-order valence-corrected chi connectivity index (χ2v) is 8.89. The number of hydrogen-bond donors (Lipinski definition) is 1. The number of benzene rings is 1. The standard InChI is InChI=1S/C22H27N3O3/c1-21(2,3)28-18(26)14-22(10-11-22)20(27)24-16-9-8-15-6-4-5-7-17(15)25-13-12-23-19(16)25/h4-7,12-13,16H,8-11,14H2,1-3H3,(H,24,27)/t16-/m1/s1. The van der Waals surface area contributed by atoms with Gasteiger partial charge in [0.05, 0.1) is 17.9 Å². The lowest BCUT2D eigenvalue weighted by molar-refractivity contribution is -0.158. The minimum atomic E-state index is -0.626. The van der Waals surface area contributed by atoms with Gasteiger partial charge in [-0.3, -0.25) is 9.59 Å². The van der Waals surface area contributed by atoms with E-state index in [4.69, 9.17) is 4.74 Å². The third-order valence-electron chi connectivity index (χ3n) is 5.48. The van der Waals surface area contributed by atoms with Gasteiger partial charge < -0.3 is 14.6 Å². The number of amides is 1. The van der Waals surface area contributed by atoms with Crippen molar-refractivity contribution in [2.75, 3.05) is 0 Å². The molecule has 6 heteroatoms. The molecule has 2 aliphatic rings. The Kier molecular flexibility index (Phi) is 4.52. The first kappa shape index (κ1) is 18.7. The summed E-state index contributed by atoms with van der Waals surface area (Å²) in [6.07, 6.45) is 6.93. The van der Waals surface area contributed by atoms with E-state index in [1.807, 2.05) is 39.1 Å². The van der Waals surface area contributed by atoms with Crippen molar-refractivity contribution in [3.05, 3.63) is 48.0 Å². The summed E-state index contributed by atoms with van der Waals surface area (Å²) in [7, 11) is 0. The van der Waals surface area contributed by atoms with Crippen LogP contribution in [0.1, 0.15) is 63.9 Å². The molecule has 0 unspecified atom stereocenters. The van der Waals surface area contributed by atoms with Crippen molar-refractivity contribution in [3.63, 3.8) is 0 Å². The fourth-order valence-electron chi connectivity index (χ4n) is 3.90. The molecule has 1 aromatic carbocycles. The number of carbonyl (C=O) groups is 2. The Balaban J connectivity index is 1.49. The summed E-state index contributed by atoms with van der Waals surface area (Å²) in [5, 5.41) is 3.18. The molecule has 1 saturated carbocycles. The van der Waals surface area contributed by atoms with Crippen molar-refractivity contribution in [3.8, 4) is 5.69 Å². The van der Waals surface area contributed by atoms with Crippen LogP contribution in [-0.4, -0.2) is 27.0 Å². The van der Waals surface area contributed by atoms with Crippen molar-refractivity contribution < 1.29 is 14.3 Å². The van der Waals surface area contributed by atoms with Crippen LogP contribution in [0.15, 0.2) is 36.7 Å². The molecule has 0 radical (unpaired) electrons. The number of nitrogens with one attached hydrogen (secondary N) is 1. The lowest BCUT2D eigenvalue weighted by atomic mass is 9.99. The number of imidazole rings is 1. The summed E-state index contributed by atoms with van der Waals surface area (Å²) in [4.78, 5) is 29.8. The molecule has 0 spiro atoms. The van der Waals surface area contributed by atoms with Crippen molar-refractivity contribution >= 4 is 11.9 Å². The van der Waals surface area contributed by atoms with Crippen LogP contribution in [0.2, 0.25) is 0 Å². The zero-order valence-electron chi connectivity index (χ0n) is 16.7. The Morgan fingerprint density at radius 1 is 1.29 bits per heavy atom. The molecule has 2 heterocycles. The smallest absolute Gasteiger partial charge is 0.307 e. The number of para-hydroxylation sites is 1. The second-order valence-electron chi connectivity index (χ2n) is 8.89. The number of rotatable bonds is 4. The van der Waals surface area contributed by atoms with Gasteiger partial charge in [-0.25, -0.2) is 4.98 Å². The molecule has 1 N–H and O–H groups in total. The van der Waals surface area contributed by atoms with Crippen LogP contribution in [0.25, 0.3) is 5.69 Å². The van der Waals surface area contributed by atoms with E-state index in [-0.39, 0.29) is 24.3 Å². The average molecular weight is 381 g/mol. The molecule has 1 aliphatic heterocycles. The number of esters is 1. The fourth-order valence-corrected chi connectivity index (χ4v) is 3.90. The first-order valence-electron chi connectivity index (χ1n) is 9.92. The van der Waals surface area contributed by atoms with Gasteiger partial charge in [-0.05, 0) is 58.1 Å². The normalized spacial score (nSPS) is 19.8. The molecule has 1 aromatic heterocycles. The molecule has 1 aliphatic carbocycles. The predicted molar refractivity (Wildman–Crippen MR) is 105 cm³/mol. The van der Waals surface area contributed by atoms with Crippen LogP contribution in [-0.2, 0) is 20.7 Å². The van der Waals surface area contributed by atoms with Gasteiger partial charge in [0.15, 0.2) is 0 Å². The lowest BCUT2D eigenvalue weighted by Crippen LogP contribution is -2.38. The maximum absolute atomic E-state index is 13.1. The van der Waals surface area contributed by atoms with E-state index in [1.165, 1.54) is 5.56 Å². The highest BCUT2D eigenvalue weighted by Gasteiger charge is 2.52. The van der Waals surface area contributed by atoms with Gasteiger partial charge in [0.25, 0.3) is 0 Å². The van der Waals surface area contributed by atoms with Crippen molar-refractivity contribution in [2.24, 2.45) is 5.41 Å². The molecule has 6 nitrogen and oxygen atoms in total. The number of hydrogen-bond acceptors (Lipinski definition) is 4. The summed E-state index contributed by atoms with van der Waals surface area (Å²) in [6, 6.07) is 8.07. The zero-order chi connectivity index (χ0) is 19.9. The van der Waals surface area contributed by atoms with Crippen LogP contribution in [0.3, 0.4) is 0 Å². The third-order valence-corrected chi connectivity index (χ3v) is 5.48. The van der Waals surface area contributed by atoms with E-state index in [2.05, 4.69) is 27.0 Å². The Labute approximate surface area is 165 Å². The Hall–Kier alpha value is -2.63. The summed E-state index contributed by atoms with van der Waals surface area (Å²) in [5.41, 5.74) is 1.19. The third kappa shape index (κ3) is 3.68. The van der Waals surface area contributed by atoms with E-state index in [9.17, 15) is 9.59 Å². The highest BCUT2D eigenvalue weighted by atomic mass is 16.6. The van der Waals surface area contributed by atoms with Gasteiger partial charge in [0, 0.05) is 18.1 Å². The summed E-state index contributed by atoms with van der Waals surface area (Å²) < 4.78 is 7.48. The molecular weight excluding hydrogens is 354 g/mol. The number of aryl methyl sites for hydroxylation is 1. The minimum absolute atomic E-state index is 0.0659. The van der Waals surface area contributed by atoms with Crippen LogP contribution < -0.4 is 5.32 Å². The van der Waals surface area contributed by atoms with Crippen molar-refractivity contribution in [2.45, 2.75) is 64.5 Å². The van der Waals surface area contributed by atoms with E-state index in [0.717, 1.165) is 37.2 Å². The van der Waals surface area contributed by atoms with Gasteiger partial charge >= 0.3 is 5.97 Å². The predicted octanol–water partition coefficient (Wildman–Crippen LogP) is 3.49. The first-order chi connectivity index (χ1) is 13.3. The summed E-state index contributed by atoms with van der Waals surface area (Å²) in [6.45, 7) is 5.52. The van der Waals surface area contributed by atoms with Crippen LogP contribution in [0.4, 0.5) is 0 Å². The molecule has 1 atom stereocenters. The minimum Gasteiger partial charge on any atom is -0.460 e. The molecule has 1 amide bonds. The van der Waals surface area contributed by atoms with Gasteiger partial charge in [0.1, 0.15) is 11.4 Å². The maximum atomic E-state index is 13.1. The van der Waals surface area contributed by atoms with E-state index in [1.54, 1.807) is 6.20 Å². The van der Waals surface area contributed by atoms with Crippen LogP contribution in [0.5, 0.6) is 0 Å². The van der Waals surface area contributed by atoms with Crippen molar-refractivity contribution in [1.29, 1.82) is 0 Å². The maximum Gasteiger partial charge on any atom is 0.307 e. The number of nitrogens with zero attached hydrogens (tertiary/aromatic N) is 2. The number of aromatic nitrogens is 2. The second kappa shape index (κ2) is 6.76. The number of fused-ring (bicyclic) bond motifs is 3. The molecule has 4 rings (SSSR count). The number of ether oxygens (including phenoxy) is 1. The Bertz CT molecular complexity index is 906. The van der Waals surface area contributed by atoms with E-state index < -0.39 is 11.0 Å². The molecule has 0 bridgehead atoms. The molecular formula is C22H27N3O3. The SMILES string of the molecule is CC(C)(C)OC(=O)CC1(C(=O)N[C@@H]2CCc3ccccc3-n3ccnc32)CC1. The summed E-state index contributed by atoms with van der Waals surface area (Å²) in [5.74, 6) is 0.463. The molecule has 28 heavy (non-hydrogen) atoms. The molecule has 1 fully saturated rings.